The van der Waals surface area contributed by atoms with Gasteiger partial charge in [0.25, 0.3) is 11.8 Å². The smallest absolute Gasteiger partial charge is 0.283 e. The Balaban J connectivity index is 1.42. The molecule has 0 spiro atoms. The predicted octanol–water partition coefficient (Wildman–Crippen LogP) is 1.73. The van der Waals surface area contributed by atoms with Gasteiger partial charge in [0.1, 0.15) is 11.5 Å². The van der Waals surface area contributed by atoms with Crippen LogP contribution in [0.4, 0.5) is 0 Å². The number of halogens is 1. The van der Waals surface area contributed by atoms with Gasteiger partial charge in [-0.25, -0.2) is 8.42 Å². The Kier molecular flexibility index (Phi) is 6.03. The molecule has 2 amide bonds. The number of hydrogen-bond donors (Lipinski definition) is 2. The van der Waals surface area contributed by atoms with Crippen molar-refractivity contribution in [2.45, 2.75) is 23.8 Å². The maximum absolute atomic E-state index is 12.8. The van der Waals surface area contributed by atoms with E-state index in [1.807, 2.05) is 0 Å². The SMILES string of the molecule is O=C(NNC(=O)C1COc2ccccc2O1)c1ccc(Cl)c(S(=O)(=O)N2CCCC2)c1. The van der Waals surface area contributed by atoms with Crippen molar-refractivity contribution in [3.63, 3.8) is 0 Å². The second-order valence-corrected chi connectivity index (χ2v) is 9.38. The topological polar surface area (TPSA) is 114 Å². The number of carbonyl (C=O) groups is 2. The second-order valence-electron chi connectivity index (χ2n) is 7.06. The van der Waals surface area contributed by atoms with Gasteiger partial charge in [0.05, 0.1) is 5.02 Å². The number of hydrazine groups is 1. The summed E-state index contributed by atoms with van der Waals surface area (Å²) >= 11 is 6.10. The first-order chi connectivity index (χ1) is 14.9. The van der Waals surface area contributed by atoms with E-state index in [4.69, 9.17) is 21.1 Å². The first kappa shape index (κ1) is 21.4. The van der Waals surface area contributed by atoms with Crippen molar-refractivity contribution < 1.29 is 27.5 Å². The summed E-state index contributed by atoms with van der Waals surface area (Å²) in [5.74, 6) is -0.347. The van der Waals surface area contributed by atoms with Gasteiger partial charge in [0, 0.05) is 18.7 Å². The van der Waals surface area contributed by atoms with Crippen LogP contribution in [-0.4, -0.2) is 50.3 Å². The number of amides is 2. The van der Waals surface area contributed by atoms with Gasteiger partial charge >= 0.3 is 0 Å². The molecule has 2 aromatic rings. The molecule has 31 heavy (non-hydrogen) atoms. The summed E-state index contributed by atoms with van der Waals surface area (Å²) in [6, 6.07) is 10.8. The predicted molar refractivity (Wildman–Crippen MR) is 111 cm³/mol. The van der Waals surface area contributed by atoms with Crippen LogP contribution in [0, 0.1) is 0 Å². The van der Waals surface area contributed by atoms with E-state index in [2.05, 4.69) is 10.9 Å². The summed E-state index contributed by atoms with van der Waals surface area (Å²) in [5.41, 5.74) is 4.57. The fourth-order valence-electron chi connectivity index (χ4n) is 3.33. The Labute approximate surface area is 184 Å². The van der Waals surface area contributed by atoms with Crippen LogP contribution in [0.25, 0.3) is 0 Å². The van der Waals surface area contributed by atoms with Gasteiger partial charge in [0.15, 0.2) is 11.5 Å². The Hall–Kier alpha value is -2.82. The lowest BCUT2D eigenvalue weighted by atomic mass is 10.2. The Morgan fingerprint density at radius 2 is 1.74 bits per heavy atom. The summed E-state index contributed by atoms with van der Waals surface area (Å²) in [6.45, 7) is 0.813. The van der Waals surface area contributed by atoms with Crippen molar-refractivity contribution in [2.75, 3.05) is 19.7 Å². The average molecular weight is 466 g/mol. The van der Waals surface area contributed by atoms with Crippen LogP contribution in [0.2, 0.25) is 5.02 Å². The fraction of sp³-hybridized carbons (Fsp3) is 0.300. The fourth-order valence-corrected chi connectivity index (χ4v) is 5.35. The summed E-state index contributed by atoms with van der Waals surface area (Å²) in [5, 5.41) is 0.0268. The minimum Gasteiger partial charge on any atom is -0.485 e. The van der Waals surface area contributed by atoms with Gasteiger partial charge in [-0.2, -0.15) is 4.31 Å². The van der Waals surface area contributed by atoms with E-state index in [9.17, 15) is 18.0 Å². The zero-order valence-electron chi connectivity index (χ0n) is 16.3. The zero-order chi connectivity index (χ0) is 22.0. The Morgan fingerprint density at radius 1 is 1.03 bits per heavy atom. The first-order valence-corrected chi connectivity index (χ1v) is 11.5. The van der Waals surface area contributed by atoms with Crippen molar-refractivity contribution in [2.24, 2.45) is 0 Å². The number of carbonyl (C=O) groups excluding carboxylic acids is 2. The van der Waals surface area contributed by atoms with E-state index in [0.29, 0.717) is 24.6 Å². The summed E-state index contributed by atoms with van der Waals surface area (Å²) in [7, 11) is -3.80. The van der Waals surface area contributed by atoms with E-state index in [1.54, 1.807) is 24.3 Å². The van der Waals surface area contributed by atoms with Gasteiger partial charge in [-0.05, 0) is 43.2 Å². The number of ether oxygens (including phenoxy) is 2. The molecule has 1 fully saturated rings. The maximum Gasteiger partial charge on any atom is 0.283 e. The normalized spacial score (nSPS) is 18.4. The number of rotatable bonds is 4. The second kappa shape index (κ2) is 8.74. The molecule has 164 valence electrons. The highest BCUT2D eigenvalue weighted by atomic mass is 35.5. The molecule has 9 nitrogen and oxygen atoms in total. The molecule has 2 aliphatic heterocycles. The van der Waals surface area contributed by atoms with Crippen LogP contribution in [0.5, 0.6) is 11.5 Å². The molecule has 0 radical (unpaired) electrons. The molecule has 0 aromatic heterocycles. The maximum atomic E-state index is 12.8. The monoisotopic (exact) mass is 465 g/mol. The van der Waals surface area contributed by atoms with E-state index in [1.165, 1.54) is 22.5 Å². The standard InChI is InChI=1S/C20H20ClN3O6S/c21-14-8-7-13(11-18(14)31(27,28)24-9-3-4-10-24)19(25)22-23-20(26)17-12-29-15-5-1-2-6-16(15)30-17/h1-2,5-8,11,17H,3-4,9-10,12H2,(H,22,25)(H,23,26). The molecule has 4 rings (SSSR count). The summed E-state index contributed by atoms with van der Waals surface area (Å²) in [4.78, 5) is 24.7. The van der Waals surface area contributed by atoms with Crippen LogP contribution in [0.1, 0.15) is 23.2 Å². The molecule has 0 bridgehead atoms. The first-order valence-electron chi connectivity index (χ1n) is 9.64. The van der Waals surface area contributed by atoms with Gasteiger partial charge in [-0.3, -0.25) is 20.4 Å². The Morgan fingerprint density at radius 3 is 2.48 bits per heavy atom. The highest BCUT2D eigenvalue weighted by Gasteiger charge is 2.30. The highest BCUT2D eigenvalue weighted by Crippen LogP contribution is 2.31. The molecule has 2 aliphatic rings. The van der Waals surface area contributed by atoms with Gasteiger partial charge in [-0.15, -0.1) is 0 Å². The molecule has 1 saturated heterocycles. The molecular formula is C20H20ClN3O6S. The van der Waals surface area contributed by atoms with E-state index in [0.717, 1.165) is 12.8 Å². The van der Waals surface area contributed by atoms with Crippen molar-refractivity contribution in [1.29, 1.82) is 0 Å². The number of fused-ring (bicyclic) bond motifs is 1. The van der Waals surface area contributed by atoms with Crippen LogP contribution in [0.3, 0.4) is 0 Å². The minimum atomic E-state index is -3.80. The lowest BCUT2D eigenvalue weighted by molar-refractivity contribution is -0.131. The van der Waals surface area contributed by atoms with Gasteiger partial charge in [-0.1, -0.05) is 23.7 Å². The molecule has 2 N–H and O–H groups in total. The molecule has 2 heterocycles. The minimum absolute atomic E-state index is 0.0160. The third-order valence-electron chi connectivity index (χ3n) is 4.98. The lowest BCUT2D eigenvalue weighted by Crippen LogP contribution is -2.50. The molecule has 0 saturated carbocycles. The Bertz CT molecular complexity index is 1120. The number of para-hydroxylation sites is 2. The van der Waals surface area contributed by atoms with Gasteiger partial charge < -0.3 is 9.47 Å². The summed E-state index contributed by atoms with van der Waals surface area (Å²) in [6.07, 6.45) is 0.604. The molecule has 1 atom stereocenters. The number of hydrogen-bond acceptors (Lipinski definition) is 6. The number of nitrogens with zero attached hydrogens (tertiary/aromatic N) is 1. The quantitative estimate of drug-likeness (QED) is 0.665. The van der Waals surface area contributed by atoms with Crippen molar-refractivity contribution >= 4 is 33.4 Å². The van der Waals surface area contributed by atoms with Gasteiger partial charge in [0.2, 0.25) is 16.1 Å². The number of benzene rings is 2. The molecular weight excluding hydrogens is 446 g/mol. The van der Waals surface area contributed by atoms with Crippen molar-refractivity contribution in [1.82, 2.24) is 15.2 Å². The van der Waals surface area contributed by atoms with Crippen molar-refractivity contribution in [3.8, 4) is 11.5 Å². The number of nitrogens with one attached hydrogen (secondary N) is 2. The van der Waals surface area contributed by atoms with Crippen molar-refractivity contribution in [3.05, 3.63) is 53.1 Å². The zero-order valence-corrected chi connectivity index (χ0v) is 17.9. The van der Waals surface area contributed by atoms with Crippen LogP contribution in [0.15, 0.2) is 47.4 Å². The highest BCUT2D eigenvalue weighted by molar-refractivity contribution is 7.89. The third-order valence-corrected chi connectivity index (χ3v) is 7.36. The van der Waals surface area contributed by atoms with Crippen LogP contribution < -0.4 is 20.3 Å². The lowest BCUT2D eigenvalue weighted by Gasteiger charge is -2.25. The molecule has 0 aliphatic carbocycles. The van der Waals surface area contributed by atoms with Crippen LogP contribution >= 0.6 is 11.6 Å². The average Bonchev–Trinajstić information content (AvgIpc) is 3.33. The van der Waals surface area contributed by atoms with E-state index < -0.39 is 27.9 Å². The summed E-state index contributed by atoms with van der Waals surface area (Å²) < 4.78 is 38.0. The van der Waals surface area contributed by atoms with Crippen LogP contribution in [-0.2, 0) is 14.8 Å². The molecule has 11 heteroatoms. The number of sulfonamides is 1. The van der Waals surface area contributed by atoms with E-state index in [-0.39, 0.29) is 22.1 Å². The molecule has 2 aromatic carbocycles. The third kappa shape index (κ3) is 4.46. The van der Waals surface area contributed by atoms with E-state index >= 15 is 0 Å². The molecule has 1 unspecified atom stereocenters. The largest absolute Gasteiger partial charge is 0.485 e.